The van der Waals surface area contributed by atoms with Gasteiger partial charge >= 0.3 is 0 Å². The van der Waals surface area contributed by atoms with E-state index >= 15 is 0 Å². The quantitative estimate of drug-likeness (QED) is 0.770. The number of phenolic OH excluding ortho intramolecular Hbond substituents is 1. The lowest BCUT2D eigenvalue weighted by Crippen LogP contribution is -2.26. The minimum absolute atomic E-state index is 0.178. The third kappa shape index (κ3) is 2.40. The van der Waals surface area contributed by atoms with Gasteiger partial charge in [0.1, 0.15) is 18.0 Å². The first-order valence-corrected chi connectivity index (χ1v) is 5.64. The van der Waals surface area contributed by atoms with Crippen LogP contribution in [-0.4, -0.2) is 16.3 Å². The Morgan fingerprint density at radius 3 is 2.94 bits per heavy atom. The maximum atomic E-state index is 10.1. The van der Waals surface area contributed by atoms with Crippen LogP contribution in [0, 0.1) is 0 Å². The molecule has 0 saturated carbocycles. The maximum Gasteiger partial charge on any atom is 0.121 e. The van der Waals surface area contributed by atoms with Gasteiger partial charge in [-0.3, -0.25) is 0 Å². The second-order valence-electron chi connectivity index (χ2n) is 3.98. The molecule has 90 valence electrons. The maximum absolute atomic E-state index is 10.1. The number of aliphatic hydroxyl groups excluding tert-OH is 1. The molecule has 0 amide bonds. The molecular formula is C14H16O3. The average Bonchev–Trinajstić information content (AvgIpc) is 2.33. The van der Waals surface area contributed by atoms with Gasteiger partial charge in [0.25, 0.3) is 0 Å². The topological polar surface area (TPSA) is 49.7 Å². The van der Waals surface area contributed by atoms with Gasteiger partial charge in [-0.2, -0.15) is 0 Å². The zero-order valence-electron chi connectivity index (χ0n) is 9.71. The minimum Gasteiger partial charge on any atom is -0.508 e. The van der Waals surface area contributed by atoms with Crippen molar-refractivity contribution >= 4 is 0 Å². The van der Waals surface area contributed by atoms with Crippen molar-refractivity contribution in [2.24, 2.45) is 0 Å². The molecule has 3 heteroatoms. The molecule has 0 fully saturated rings. The van der Waals surface area contributed by atoms with Crippen LogP contribution in [-0.2, 0) is 11.3 Å². The summed E-state index contributed by atoms with van der Waals surface area (Å²) < 4.78 is 5.51. The summed E-state index contributed by atoms with van der Waals surface area (Å²) in [6.45, 7) is 2.25. The lowest BCUT2D eigenvalue weighted by Gasteiger charge is -2.28. The van der Waals surface area contributed by atoms with E-state index in [2.05, 4.69) is 0 Å². The van der Waals surface area contributed by atoms with E-state index in [1.807, 2.05) is 37.3 Å². The average molecular weight is 232 g/mol. The third-order valence-electron chi connectivity index (χ3n) is 2.84. The van der Waals surface area contributed by atoms with E-state index in [0.29, 0.717) is 12.2 Å². The Morgan fingerprint density at radius 1 is 1.35 bits per heavy atom. The predicted molar refractivity (Wildman–Crippen MR) is 65.6 cm³/mol. The van der Waals surface area contributed by atoms with Gasteiger partial charge in [-0.05, 0) is 18.6 Å². The van der Waals surface area contributed by atoms with Crippen molar-refractivity contribution < 1.29 is 14.9 Å². The standard InChI is InChI=1S/C14H16O3/c1-2-3-4-8-13-14(16)10-6-5-7-12(15)11(10)9-17-13/h2-8,13-16H,9H2,1H3/t13-,14+/m0/s1. The van der Waals surface area contributed by atoms with Crippen LogP contribution in [0.1, 0.15) is 24.2 Å². The molecule has 1 aromatic carbocycles. The molecule has 2 rings (SSSR count). The smallest absolute Gasteiger partial charge is 0.121 e. The first-order valence-electron chi connectivity index (χ1n) is 5.64. The van der Waals surface area contributed by atoms with Crippen molar-refractivity contribution in [2.75, 3.05) is 0 Å². The van der Waals surface area contributed by atoms with Crippen LogP contribution >= 0.6 is 0 Å². The Hall–Kier alpha value is -1.58. The lowest BCUT2D eigenvalue weighted by atomic mass is 9.95. The SMILES string of the molecule is CC=CC=C[C@@H]1OCc2c(O)cccc2[C@H]1O. The highest BCUT2D eigenvalue weighted by atomic mass is 16.5. The molecule has 0 aliphatic carbocycles. The number of rotatable bonds is 2. The molecule has 1 aliphatic heterocycles. The molecule has 3 nitrogen and oxygen atoms in total. The van der Waals surface area contributed by atoms with Gasteiger partial charge in [-0.15, -0.1) is 0 Å². The number of phenols is 1. The monoisotopic (exact) mass is 232 g/mol. The van der Waals surface area contributed by atoms with Crippen molar-refractivity contribution in [1.82, 2.24) is 0 Å². The summed E-state index contributed by atoms with van der Waals surface area (Å²) >= 11 is 0. The number of aliphatic hydroxyl groups is 1. The number of fused-ring (bicyclic) bond motifs is 1. The van der Waals surface area contributed by atoms with E-state index in [1.165, 1.54) is 0 Å². The van der Waals surface area contributed by atoms with Crippen molar-refractivity contribution in [3.63, 3.8) is 0 Å². The van der Waals surface area contributed by atoms with Crippen LogP contribution in [0.5, 0.6) is 5.75 Å². The summed E-state index contributed by atoms with van der Waals surface area (Å²) in [6, 6.07) is 5.15. The molecule has 0 bridgehead atoms. The highest BCUT2D eigenvalue weighted by molar-refractivity contribution is 5.42. The summed E-state index contributed by atoms with van der Waals surface area (Å²) in [4.78, 5) is 0. The van der Waals surface area contributed by atoms with Gasteiger partial charge in [0.05, 0.1) is 6.61 Å². The number of ether oxygens (including phenoxy) is 1. The lowest BCUT2D eigenvalue weighted by molar-refractivity contribution is -0.0371. The summed E-state index contributed by atoms with van der Waals surface area (Å²) in [6.07, 6.45) is 6.37. The van der Waals surface area contributed by atoms with Gasteiger partial charge in [-0.1, -0.05) is 36.4 Å². The number of hydrogen-bond donors (Lipinski definition) is 2. The highest BCUT2D eigenvalue weighted by Gasteiger charge is 2.28. The summed E-state index contributed by atoms with van der Waals surface area (Å²) in [7, 11) is 0. The molecule has 0 spiro atoms. The van der Waals surface area contributed by atoms with E-state index in [4.69, 9.17) is 4.74 Å². The van der Waals surface area contributed by atoms with Gasteiger partial charge in [-0.25, -0.2) is 0 Å². The molecule has 0 aromatic heterocycles. The molecule has 1 aliphatic rings. The number of aromatic hydroxyl groups is 1. The molecular weight excluding hydrogens is 216 g/mol. The van der Waals surface area contributed by atoms with Crippen molar-refractivity contribution in [2.45, 2.75) is 25.7 Å². The van der Waals surface area contributed by atoms with Crippen LogP contribution in [0.2, 0.25) is 0 Å². The molecule has 2 N–H and O–H groups in total. The number of hydrogen-bond acceptors (Lipinski definition) is 3. The minimum atomic E-state index is -0.729. The first-order chi connectivity index (χ1) is 8.24. The van der Waals surface area contributed by atoms with Gasteiger partial charge in [0.2, 0.25) is 0 Å². The Bertz CT molecular complexity index is 449. The molecule has 1 heterocycles. The zero-order valence-corrected chi connectivity index (χ0v) is 9.71. The first kappa shape index (κ1) is 11.9. The molecule has 0 unspecified atom stereocenters. The van der Waals surface area contributed by atoms with E-state index in [-0.39, 0.29) is 11.9 Å². The Balaban J connectivity index is 2.24. The van der Waals surface area contributed by atoms with Crippen LogP contribution < -0.4 is 0 Å². The second-order valence-corrected chi connectivity index (χ2v) is 3.98. The van der Waals surface area contributed by atoms with Gasteiger partial charge in [0.15, 0.2) is 0 Å². The second kappa shape index (κ2) is 5.17. The van der Waals surface area contributed by atoms with E-state index in [1.54, 1.807) is 12.1 Å². The van der Waals surface area contributed by atoms with Gasteiger partial charge in [0, 0.05) is 5.56 Å². The van der Waals surface area contributed by atoms with Crippen LogP contribution in [0.3, 0.4) is 0 Å². The Labute approximate surface area is 101 Å². The number of allylic oxidation sites excluding steroid dienone is 3. The largest absolute Gasteiger partial charge is 0.508 e. The van der Waals surface area contributed by atoms with E-state index in [0.717, 1.165) is 5.56 Å². The fourth-order valence-corrected chi connectivity index (χ4v) is 1.92. The van der Waals surface area contributed by atoms with Gasteiger partial charge < -0.3 is 14.9 Å². The third-order valence-corrected chi connectivity index (χ3v) is 2.84. The molecule has 1 aromatic rings. The van der Waals surface area contributed by atoms with Crippen LogP contribution in [0.25, 0.3) is 0 Å². The Morgan fingerprint density at radius 2 is 2.18 bits per heavy atom. The summed E-state index contributed by atoms with van der Waals surface area (Å²) in [5.41, 5.74) is 1.42. The van der Waals surface area contributed by atoms with Crippen molar-refractivity contribution in [3.05, 3.63) is 53.6 Å². The summed E-state index contributed by atoms with van der Waals surface area (Å²) in [5.74, 6) is 0.178. The van der Waals surface area contributed by atoms with Crippen LogP contribution in [0.15, 0.2) is 42.5 Å². The molecule has 0 radical (unpaired) electrons. The van der Waals surface area contributed by atoms with Crippen molar-refractivity contribution in [3.8, 4) is 5.75 Å². The summed E-state index contributed by atoms with van der Waals surface area (Å²) in [5, 5.41) is 19.8. The highest BCUT2D eigenvalue weighted by Crippen LogP contribution is 2.34. The van der Waals surface area contributed by atoms with Crippen LogP contribution in [0.4, 0.5) is 0 Å². The number of benzene rings is 1. The Kier molecular flexibility index (Phi) is 3.61. The molecule has 2 atom stereocenters. The van der Waals surface area contributed by atoms with E-state index in [9.17, 15) is 10.2 Å². The fraction of sp³-hybridized carbons (Fsp3) is 0.286. The molecule has 17 heavy (non-hydrogen) atoms. The zero-order chi connectivity index (χ0) is 12.3. The van der Waals surface area contributed by atoms with Crippen molar-refractivity contribution in [1.29, 1.82) is 0 Å². The molecule has 0 saturated heterocycles. The normalized spacial score (nSPS) is 24.4. The fourth-order valence-electron chi connectivity index (χ4n) is 1.92. The predicted octanol–water partition coefficient (Wildman–Crippen LogP) is 2.46. The van der Waals surface area contributed by atoms with E-state index < -0.39 is 6.10 Å².